The smallest absolute Gasteiger partial charge is 0.399 e. The number of anilines is 1. The standard InChI is InChI=1S/C8H8F3NO.C2H6/c9-8(10,11)6-1-5(4-13)2-7(12)3-6;1-2/h1-3,13H,4,12H2;1-2H3. The molecule has 3 N–H and O–H groups in total. The second-order valence-corrected chi connectivity index (χ2v) is 2.62. The maximum atomic E-state index is 12.1. The zero-order valence-electron chi connectivity index (χ0n) is 8.60. The lowest BCUT2D eigenvalue weighted by molar-refractivity contribution is -0.137. The van der Waals surface area contributed by atoms with Crippen LogP contribution < -0.4 is 5.73 Å². The average molecular weight is 221 g/mol. The van der Waals surface area contributed by atoms with Crippen molar-refractivity contribution >= 4 is 5.69 Å². The van der Waals surface area contributed by atoms with Crippen LogP contribution in [0.1, 0.15) is 25.0 Å². The summed E-state index contributed by atoms with van der Waals surface area (Å²) in [6, 6.07) is 3.00. The molecule has 0 aliphatic rings. The first-order chi connectivity index (χ1) is 6.93. The number of nitrogens with two attached hydrogens (primary N) is 1. The number of halogens is 3. The van der Waals surface area contributed by atoms with Gasteiger partial charge in [0.1, 0.15) is 0 Å². The van der Waals surface area contributed by atoms with Crippen LogP contribution in [-0.2, 0) is 12.8 Å². The summed E-state index contributed by atoms with van der Waals surface area (Å²) < 4.78 is 36.4. The quantitative estimate of drug-likeness (QED) is 0.716. The lowest BCUT2D eigenvalue weighted by atomic mass is 10.1. The van der Waals surface area contributed by atoms with Gasteiger partial charge in [0.05, 0.1) is 12.2 Å². The Kier molecular flexibility index (Phi) is 5.14. The van der Waals surface area contributed by atoms with E-state index in [9.17, 15) is 13.2 Å². The highest BCUT2D eigenvalue weighted by Gasteiger charge is 2.30. The topological polar surface area (TPSA) is 46.2 Å². The van der Waals surface area contributed by atoms with Gasteiger partial charge in [-0.05, 0) is 23.8 Å². The molecule has 2 nitrogen and oxygen atoms in total. The van der Waals surface area contributed by atoms with Crippen LogP contribution in [0.15, 0.2) is 18.2 Å². The molecule has 86 valence electrons. The minimum atomic E-state index is -4.42. The Morgan fingerprint density at radius 1 is 1.20 bits per heavy atom. The van der Waals surface area contributed by atoms with Gasteiger partial charge in [-0.15, -0.1) is 0 Å². The third-order valence-electron chi connectivity index (χ3n) is 1.53. The number of rotatable bonds is 1. The molecule has 1 aromatic carbocycles. The van der Waals surface area contributed by atoms with E-state index in [4.69, 9.17) is 10.8 Å². The van der Waals surface area contributed by atoms with Crippen molar-refractivity contribution < 1.29 is 18.3 Å². The minimum absolute atomic E-state index is 0.00104. The highest BCUT2D eigenvalue weighted by molar-refractivity contribution is 5.45. The van der Waals surface area contributed by atoms with E-state index in [-0.39, 0.29) is 11.3 Å². The van der Waals surface area contributed by atoms with Gasteiger partial charge >= 0.3 is 6.18 Å². The fourth-order valence-corrected chi connectivity index (χ4v) is 0.973. The highest BCUT2D eigenvalue weighted by atomic mass is 19.4. The van der Waals surface area contributed by atoms with Gasteiger partial charge in [-0.3, -0.25) is 0 Å². The Labute approximate surface area is 86.5 Å². The first-order valence-corrected chi connectivity index (χ1v) is 4.51. The highest BCUT2D eigenvalue weighted by Crippen LogP contribution is 2.31. The summed E-state index contributed by atoms with van der Waals surface area (Å²) in [5.41, 5.74) is 4.54. The van der Waals surface area contributed by atoms with Crippen molar-refractivity contribution in [1.82, 2.24) is 0 Å². The molecule has 0 bridgehead atoms. The van der Waals surface area contributed by atoms with Crippen LogP contribution in [0.4, 0.5) is 18.9 Å². The molecule has 0 aliphatic carbocycles. The van der Waals surface area contributed by atoms with Gasteiger partial charge in [0.15, 0.2) is 0 Å². The summed E-state index contributed by atoms with van der Waals surface area (Å²) >= 11 is 0. The van der Waals surface area contributed by atoms with E-state index in [1.807, 2.05) is 13.8 Å². The first kappa shape index (κ1) is 13.8. The SMILES string of the molecule is CC.Nc1cc(CO)cc(C(F)(F)F)c1. The normalized spacial score (nSPS) is 10.5. The van der Waals surface area contributed by atoms with Crippen LogP contribution >= 0.6 is 0 Å². The van der Waals surface area contributed by atoms with E-state index in [0.29, 0.717) is 0 Å². The molecule has 0 aliphatic heterocycles. The molecule has 0 aromatic heterocycles. The molecule has 0 unspecified atom stereocenters. The van der Waals surface area contributed by atoms with Crippen molar-refractivity contribution in [2.24, 2.45) is 0 Å². The Hall–Kier alpha value is -1.23. The van der Waals surface area contributed by atoms with Gasteiger partial charge < -0.3 is 10.8 Å². The second-order valence-electron chi connectivity index (χ2n) is 2.62. The molecule has 0 heterocycles. The van der Waals surface area contributed by atoms with Crippen molar-refractivity contribution in [2.45, 2.75) is 26.6 Å². The number of benzene rings is 1. The molecule has 0 saturated carbocycles. The number of alkyl halides is 3. The molecule has 0 fully saturated rings. The number of aliphatic hydroxyl groups excluding tert-OH is 1. The fraction of sp³-hybridized carbons (Fsp3) is 0.400. The van der Waals surface area contributed by atoms with Crippen LogP contribution in [-0.4, -0.2) is 5.11 Å². The molecule has 15 heavy (non-hydrogen) atoms. The van der Waals surface area contributed by atoms with Crippen molar-refractivity contribution in [3.63, 3.8) is 0 Å². The largest absolute Gasteiger partial charge is 0.416 e. The zero-order chi connectivity index (χ0) is 12.1. The second kappa shape index (κ2) is 5.60. The predicted molar refractivity (Wildman–Crippen MR) is 53.1 cm³/mol. The molecule has 0 saturated heterocycles. The van der Waals surface area contributed by atoms with Crippen LogP contribution in [0, 0.1) is 0 Å². The van der Waals surface area contributed by atoms with E-state index < -0.39 is 18.3 Å². The van der Waals surface area contributed by atoms with E-state index >= 15 is 0 Å². The van der Waals surface area contributed by atoms with E-state index in [0.717, 1.165) is 12.1 Å². The Morgan fingerprint density at radius 2 is 1.73 bits per heavy atom. The summed E-state index contributed by atoms with van der Waals surface area (Å²) in [7, 11) is 0. The number of hydrogen-bond acceptors (Lipinski definition) is 2. The minimum Gasteiger partial charge on any atom is -0.399 e. The maximum absolute atomic E-state index is 12.1. The van der Waals surface area contributed by atoms with Crippen molar-refractivity contribution in [2.75, 3.05) is 5.73 Å². The van der Waals surface area contributed by atoms with Gasteiger partial charge in [-0.2, -0.15) is 13.2 Å². The Morgan fingerprint density at radius 3 is 2.13 bits per heavy atom. The first-order valence-electron chi connectivity index (χ1n) is 4.51. The number of hydrogen-bond donors (Lipinski definition) is 2. The van der Waals surface area contributed by atoms with Gasteiger partial charge in [0, 0.05) is 5.69 Å². The molecule has 0 radical (unpaired) electrons. The predicted octanol–water partition coefficient (Wildman–Crippen LogP) is 2.81. The van der Waals surface area contributed by atoms with Gasteiger partial charge in [-0.25, -0.2) is 0 Å². The monoisotopic (exact) mass is 221 g/mol. The van der Waals surface area contributed by atoms with E-state index in [2.05, 4.69) is 0 Å². The Balaban J connectivity index is 0.000000921. The maximum Gasteiger partial charge on any atom is 0.416 e. The van der Waals surface area contributed by atoms with Gasteiger partial charge in [-0.1, -0.05) is 13.8 Å². The van der Waals surface area contributed by atoms with Gasteiger partial charge in [0.25, 0.3) is 0 Å². The molecular weight excluding hydrogens is 207 g/mol. The fourth-order valence-electron chi connectivity index (χ4n) is 0.973. The van der Waals surface area contributed by atoms with E-state index in [1.165, 1.54) is 6.07 Å². The molecule has 0 atom stereocenters. The molecule has 1 rings (SSSR count). The lowest BCUT2D eigenvalue weighted by Gasteiger charge is -2.08. The van der Waals surface area contributed by atoms with Gasteiger partial charge in [0.2, 0.25) is 0 Å². The number of aliphatic hydroxyl groups is 1. The third kappa shape index (κ3) is 4.20. The summed E-state index contributed by atoms with van der Waals surface area (Å²) in [6.07, 6.45) is -4.42. The molecule has 0 amide bonds. The average Bonchev–Trinajstić information content (AvgIpc) is 2.18. The number of nitrogen functional groups attached to an aromatic ring is 1. The zero-order valence-corrected chi connectivity index (χ0v) is 8.60. The molecule has 1 aromatic rings. The summed E-state index contributed by atoms with van der Waals surface area (Å²) in [6.45, 7) is 3.55. The lowest BCUT2D eigenvalue weighted by Crippen LogP contribution is -2.06. The molecular formula is C10H14F3NO. The van der Waals surface area contributed by atoms with Crippen LogP contribution in [0.2, 0.25) is 0 Å². The van der Waals surface area contributed by atoms with Crippen molar-refractivity contribution in [1.29, 1.82) is 0 Å². The van der Waals surface area contributed by atoms with Crippen molar-refractivity contribution in [3.8, 4) is 0 Å². The summed E-state index contributed by atoms with van der Waals surface area (Å²) in [4.78, 5) is 0. The molecule has 0 spiro atoms. The Bertz CT molecular complexity index is 310. The van der Waals surface area contributed by atoms with Crippen molar-refractivity contribution in [3.05, 3.63) is 29.3 Å². The third-order valence-corrected chi connectivity index (χ3v) is 1.53. The summed E-state index contributed by atoms with van der Waals surface area (Å²) in [5.74, 6) is 0. The van der Waals surface area contributed by atoms with Crippen LogP contribution in [0.3, 0.4) is 0 Å². The molecule has 5 heteroatoms. The van der Waals surface area contributed by atoms with E-state index in [1.54, 1.807) is 0 Å². The van der Waals surface area contributed by atoms with Crippen LogP contribution in [0.5, 0.6) is 0 Å². The summed E-state index contributed by atoms with van der Waals surface area (Å²) in [5, 5.41) is 8.63. The van der Waals surface area contributed by atoms with Crippen LogP contribution in [0.25, 0.3) is 0 Å².